The van der Waals surface area contributed by atoms with Crippen molar-refractivity contribution in [1.82, 2.24) is 15.5 Å². The van der Waals surface area contributed by atoms with Gasteiger partial charge in [0.25, 0.3) is 0 Å². The molecule has 1 amide bonds. The Bertz CT molecular complexity index is 894. The molecule has 0 aliphatic heterocycles. The first kappa shape index (κ1) is 17.7. The van der Waals surface area contributed by atoms with E-state index in [2.05, 4.69) is 15.5 Å². The maximum Gasteiger partial charge on any atom is 0.246 e. The van der Waals surface area contributed by atoms with Gasteiger partial charge in [0.15, 0.2) is 0 Å². The Balaban J connectivity index is 1.56. The zero-order chi connectivity index (χ0) is 18.5. The van der Waals surface area contributed by atoms with Crippen LogP contribution in [0.3, 0.4) is 0 Å². The molecule has 2 aromatic carbocycles. The number of halogens is 2. The minimum absolute atomic E-state index is 0.0641. The molecule has 3 aromatic rings. The van der Waals surface area contributed by atoms with Gasteiger partial charge in [-0.1, -0.05) is 30.3 Å². The summed E-state index contributed by atoms with van der Waals surface area (Å²) in [5, 5.41) is 6.50. The third-order valence-electron chi connectivity index (χ3n) is 3.92. The molecule has 0 radical (unpaired) electrons. The van der Waals surface area contributed by atoms with Crippen LogP contribution in [0.2, 0.25) is 0 Å². The molecule has 0 saturated carbocycles. The molecular weight excluding hydrogens is 340 g/mol. The molecule has 3 rings (SSSR count). The Morgan fingerprint density at radius 2 is 1.88 bits per heavy atom. The van der Waals surface area contributed by atoms with Crippen molar-refractivity contribution in [2.75, 3.05) is 0 Å². The third kappa shape index (κ3) is 4.30. The summed E-state index contributed by atoms with van der Waals surface area (Å²) < 4.78 is 31.7. The number of nitrogens with one attached hydrogen (secondary N) is 1. The van der Waals surface area contributed by atoms with Crippen molar-refractivity contribution in [1.29, 1.82) is 0 Å². The number of benzene rings is 2. The lowest BCUT2D eigenvalue weighted by molar-refractivity contribution is -0.124. The number of rotatable bonds is 6. The van der Waals surface area contributed by atoms with Crippen LogP contribution < -0.4 is 5.32 Å². The second-order valence-electron chi connectivity index (χ2n) is 5.93. The van der Waals surface area contributed by atoms with Gasteiger partial charge in [-0.3, -0.25) is 4.79 Å². The van der Waals surface area contributed by atoms with Crippen LogP contribution in [0.1, 0.15) is 18.4 Å². The van der Waals surface area contributed by atoms with Gasteiger partial charge in [0.05, 0.1) is 6.54 Å². The SMILES string of the molecule is CC(Cc1ccccc1F)C(=O)NCc1nc(-c2ccc(F)cc2)no1. The zero-order valence-corrected chi connectivity index (χ0v) is 14.1. The van der Waals surface area contributed by atoms with Gasteiger partial charge >= 0.3 is 0 Å². The highest BCUT2D eigenvalue weighted by Gasteiger charge is 2.16. The van der Waals surface area contributed by atoms with Gasteiger partial charge in [0, 0.05) is 11.5 Å². The van der Waals surface area contributed by atoms with E-state index in [1.54, 1.807) is 37.3 Å². The lowest BCUT2D eigenvalue weighted by Gasteiger charge is -2.11. The molecule has 1 atom stereocenters. The van der Waals surface area contributed by atoms with Gasteiger partial charge in [-0.15, -0.1) is 0 Å². The molecule has 1 aromatic heterocycles. The summed E-state index contributed by atoms with van der Waals surface area (Å²) in [5.74, 6) is -0.785. The highest BCUT2D eigenvalue weighted by molar-refractivity contribution is 5.78. The van der Waals surface area contributed by atoms with E-state index in [0.717, 1.165) is 0 Å². The molecule has 7 heteroatoms. The molecule has 5 nitrogen and oxygen atoms in total. The molecule has 0 aliphatic rings. The van der Waals surface area contributed by atoms with Gasteiger partial charge in [-0.25, -0.2) is 8.78 Å². The van der Waals surface area contributed by atoms with E-state index in [-0.39, 0.29) is 30.0 Å². The Morgan fingerprint density at radius 1 is 1.15 bits per heavy atom. The van der Waals surface area contributed by atoms with Crippen molar-refractivity contribution in [3.8, 4) is 11.4 Å². The van der Waals surface area contributed by atoms with Crippen LogP contribution >= 0.6 is 0 Å². The summed E-state index contributed by atoms with van der Waals surface area (Å²) in [4.78, 5) is 16.3. The first-order chi connectivity index (χ1) is 12.5. The van der Waals surface area contributed by atoms with Crippen LogP contribution in [0.25, 0.3) is 11.4 Å². The Kier molecular flexibility index (Phi) is 5.36. The Labute approximate surface area is 149 Å². The second kappa shape index (κ2) is 7.86. The summed E-state index contributed by atoms with van der Waals surface area (Å²) in [6.45, 7) is 1.79. The van der Waals surface area contributed by atoms with E-state index in [1.807, 2.05) is 0 Å². The molecule has 1 N–H and O–H groups in total. The predicted octanol–water partition coefficient (Wildman–Crippen LogP) is 3.51. The van der Waals surface area contributed by atoms with Crippen molar-refractivity contribution < 1.29 is 18.1 Å². The number of hydrogen-bond donors (Lipinski definition) is 1. The number of nitrogens with zero attached hydrogens (tertiary/aromatic N) is 2. The van der Waals surface area contributed by atoms with E-state index in [9.17, 15) is 13.6 Å². The van der Waals surface area contributed by atoms with Gasteiger partial charge < -0.3 is 9.84 Å². The molecule has 0 fully saturated rings. The summed E-state index contributed by atoms with van der Waals surface area (Å²) in [7, 11) is 0. The maximum atomic E-state index is 13.7. The van der Waals surface area contributed by atoms with Gasteiger partial charge in [0.1, 0.15) is 11.6 Å². The van der Waals surface area contributed by atoms with E-state index in [4.69, 9.17) is 4.52 Å². The van der Waals surface area contributed by atoms with Crippen molar-refractivity contribution in [2.24, 2.45) is 5.92 Å². The second-order valence-corrected chi connectivity index (χ2v) is 5.93. The Hall–Kier alpha value is -3.09. The molecule has 134 valence electrons. The monoisotopic (exact) mass is 357 g/mol. The minimum atomic E-state index is -0.411. The first-order valence-corrected chi connectivity index (χ1v) is 8.12. The van der Waals surface area contributed by atoms with Crippen LogP contribution in [0.4, 0.5) is 8.78 Å². The number of carbonyl (C=O) groups is 1. The van der Waals surface area contributed by atoms with Crippen LogP contribution in [0, 0.1) is 17.6 Å². The largest absolute Gasteiger partial charge is 0.347 e. The van der Waals surface area contributed by atoms with E-state index in [1.165, 1.54) is 18.2 Å². The van der Waals surface area contributed by atoms with Crippen LogP contribution in [-0.2, 0) is 17.8 Å². The molecule has 1 unspecified atom stereocenters. The third-order valence-corrected chi connectivity index (χ3v) is 3.92. The molecule has 1 heterocycles. The van der Waals surface area contributed by atoms with Crippen molar-refractivity contribution in [3.63, 3.8) is 0 Å². The van der Waals surface area contributed by atoms with Gasteiger partial charge in [0.2, 0.25) is 17.6 Å². The fourth-order valence-corrected chi connectivity index (χ4v) is 2.47. The highest BCUT2D eigenvalue weighted by atomic mass is 19.1. The number of hydrogen-bond acceptors (Lipinski definition) is 4. The average Bonchev–Trinajstić information content (AvgIpc) is 3.11. The maximum absolute atomic E-state index is 13.7. The molecule has 0 saturated heterocycles. The fraction of sp³-hybridized carbons (Fsp3) is 0.211. The lowest BCUT2D eigenvalue weighted by atomic mass is 10.00. The summed E-state index contributed by atoms with van der Waals surface area (Å²) in [6.07, 6.45) is 0.295. The van der Waals surface area contributed by atoms with Crippen molar-refractivity contribution in [3.05, 3.63) is 71.6 Å². The highest BCUT2D eigenvalue weighted by Crippen LogP contribution is 2.16. The molecule has 0 bridgehead atoms. The summed E-state index contributed by atoms with van der Waals surface area (Å²) >= 11 is 0. The van der Waals surface area contributed by atoms with Crippen LogP contribution in [0.5, 0.6) is 0 Å². The van der Waals surface area contributed by atoms with Crippen LogP contribution in [0.15, 0.2) is 53.1 Å². The normalized spacial score (nSPS) is 12.0. The lowest BCUT2D eigenvalue weighted by Crippen LogP contribution is -2.30. The number of amides is 1. The van der Waals surface area contributed by atoms with E-state index in [0.29, 0.717) is 23.4 Å². The van der Waals surface area contributed by atoms with Crippen molar-refractivity contribution in [2.45, 2.75) is 19.9 Å². The van der Waals surface area contributed by atoms with E-state index < -0.39 is 5.92 Å². The van der Waals surface area contributed by atoms with Gasteiger partial charge in [-0.05, 0) is 42.3 Å². The predicted molar refractivity (Wildman–Crippen MR) is 90.8 cm³/mol. The van der Waals surface area contributed by atoms with Crippen molar-refractivity contribution >= 4 is 5.91 Å². The smallest absolute Gasteiger partial charge is 0.246 e. The topological polar surface area (TPSA) is 68.0 Å². The number of carbonyl (C=O) groups excluding carboxylic acids is 1. The van der Waals surface area contributed by atoms with Crippen LogP contribution in [-0.4, -0.2) is 16.0 Å². The summed E-state index contributed by atoms with van der Waals surface area (Å²) in [6, 6.07) is 12.1. The van der Waals surface area contributed by atoms with Gasteiger partial charge in [-0.2, -0.15) is 4.98 Å². The molecule has 26 heavy (non-hydrogen) atoms. The summed E-state index contributed by atoms with van der Waals surface area (Å²) in [5.41, 5.74) is 1.10. The zero-order valence-electron chi connectivity index (χ0n) is 14.1. The Morgan fingerprint density at radius 3 is 2.62 bits per heavy atom. The molecule has 0 spiro atoms. The first-order valence-electron chi connectivity index (χ1n) is 8.12. The quantitative estimate of drug-likeness (QED) is 0.733. The molecular formula is C19H17F2N3O2. The van der Waals surface area contributed by atoms with E-state index >= 15 is 0 Å². The standard InChI is InChI=1S/C19H17F2N3O2/c1-12(10-14-4-2-3-5-16(14)21)19(25)22-11-17-23-18(24-26-17)13-6-8-15(20)9-7-13/h2-9,12H,10-11H2,1H3,(H,22,25). The fourth-order valence-electron chi connectivity index (χ4n) is 2.47. The molecule has 0 aliphatic carbocycles. The minimum Gasteiger partial charge on any atom is -0.347 e. The number of aromatic nitrogens is 2. The average molecular weight is 357 g/mol.